The lowest BCUT2D eigenvalue weighted by molar-refractivity contribution is -0.113. The molecular formula is C14H16FN3OS. The molecule has 1 amide bonds. The van der Waals surface area contributed by atoms with E-state index in [1.54, 1.807) is 12.1 Å². The summed E-state index contributed by atoms with van der Waals surface area (Å²) in [5.41, 5.74) is 0.978. The van der Waals surface area contributed by atoms with Gasteiger partial charge in [0.1, 0.15) is 5.82 Å². The Labute approximate surface area is 121 Å². The zero-order chi connectivity index (χ0) is 14.5. The Balaban J connectivity index is 1.84. The van der Waals surface area contributed by atoms with Gasteiger partial charge in [0, 0.05) is 16.7 Å². The number of carbonyl (C=O) groups is 1. The molecule has 0 atom stereocenters. The van der Waals surface area contributed by atoms with Crippen molar-refractivity contribution in [2.45, 2.75) is 24.7 Å². The van der Waals surface area contributed by atoms with Gasteiger partial charge in [-0.2, -0.15) is 5.10 Å². The number of aromatic amines is 1. The molecule has 0 aliphatic heterocycles. The van der Waals surface area contributed by atoms with Gasteiger partial charge in [0.05, 0.1) is 5.75 Å². The van der Waals surface area contributed by atoms with E-state index in [1.807, 2.05) is 19.9 Å². The van der Waals surface area contributed by atoms with Crippen molar-refractivity contribution in [3.05, 3.63) is 41.8 Å². The standard InChI is InChI=1S/C14H16FN3OS/c1-9(2)12-7-13(18-17-12)16-14(19)8-20-11-5-3-10(15)4-6-11/h3-7,9H,8H2,1-2H3,(H2,16,17,18,19). The van der Waals surface area contributed by atoms with E-state index >= 15 is 0 Å². The van der Waals surface area contributed by atoms with E-state index in [2.05, 4.69) is 15.5 Å². The van der Waals surface area contributed by atoms with Crippen LogP contribution in [0.5, 0.6) is 0 Å². The SMILES string of the molecule is CC(C)c1cc(NC(=O)CSc2ccc(F)cc2)n[nH]1. The number of thioether (sulfide) groups is 1. The molecule has 0 saturated carbocycles. The van der Waals surface area contributed by atoms with Gasteiger partial charge in [-0.25, -0.2) is 4.39 Å². The van der Waals surface area contributed by atoms with E-state index in [0.717, 1.165) is 10.6 Å². The van der Waals surface area contributed by atoms with Gasteiger partial charge >= 0.3 is 0 Å². The van der Waals surface area contributed by atoms with E-state index < -0.39 is 0 Å². The molecule has 1 heterocycles. The number of anilines is 1. The zero-order valence-electron chi connectivity index (χ0n) is 11.3. The summed E-state index contributed by atoms with van der Waals surface area (Å²) in [6.07, 6.45) is 0. The molecule has 0 bridgehead atoms. The van der Waals surface area contributed by atoms with Crippen LogP contribution in [0.25, 0.3) is 0 Å². The van der Waals surface area contributed by atoms with Gasteiger partial charge in [-0.1, -0.05) is 13.8 Å². The third-order valence-electron chi connectivity index (χ3n) is 2.67. The van der Waals surface area contributed by atoms with Crippen LogP contribution in [0.3, 0.4) is 0 Å². The molecule has 2 aromatic rings. The van der Waals surface area contributed by atoms with E-state index in [9.17, 15) is 9.18 Å². The van der Waals surface area contributed by atoms with E-state index in [0.29, 0.717) is 11.7 Å². The fraction of sp³-hybridized carbons (Fsp3) is 0.286. The van der Waals surface area contributed by atoms with Crippen molar-refractivity contribution in [2.24, 2.45) is 0 Å². The first-order valence-corrected chi connectivity index (χ1v) is 7.26. The fourth-order valence-corrected chi connectivity index (χ4v) is 2.25. The summed E-state index contributed by atoms with van der Waals surface area (Å²) < 4.78 is 12.7. The van der Waals surface area contributed by atoms with Gasteiger partial charge in [0.25, 0.3) is 0 Å². The van der Waals surface area contributed by atoms with Gasteiger partial charge in [0.15, 0.2) is 5.82 Å². The summed E-state index contributed by atoms with van der Waals surface area (Å²) in [5, 5.41) is 9.63. The number of hydrogen-bond acceptors (Lipinski definition) is 3. The lowest BCUT2D eigenvalue weighted by Crippen LogP contribution is -2.14. The molecule has 4 nitrogen and oxygen atoms in total. The number of nitrogens with one attached hydrogen (secondary N) is 2. The average Bonchev–Trinajstić information content (AvgIpc) is 2.87. The highest BCUT2D eigenvalue weighted by Crippen LogP contribution is 2.19. The third kappa shape index (κ3) is 4.09. The predicted octanol–water partition coefficient (Wildman–Crippen LogP) is 3.40. The van der Waals surface area contributed by atoms with Crippen LogP contribution in [0.1, 0.15) is 25.5 Å². The normalized spacial score (nSPS) is 10.8. The van der Waals surface area contributed by atoms with Crippen LogP contribution in [0.15, 0.2) is 35.2 Å². The van der Waals surface area contributed by atoms with Crippen molar-refractivity contribution < 1.29 is 9.18 Å². The number of aromatic nitrogens is 2. The molecule has 0 aliphatic rings. The Morgan fingerprint density at radius 3 is 2.70 bits per heavy atom. The zero-order valence-corrected chi connectivity index (χ0v) is 12.1. The molecule has 1 aromatic carbocycles. The molecule has 2 rings (SSSR count). The molecule has 6 heteroatoms. The lowest BCUT2D eigenvalue weighted by atomic mass is 10.1. The van der Waals surface area contributed by atoms with Crippen LogP contribution >= 0.6 is 11.8 Å². The highest BCUT2D eigenvalue weighted by Gasteiger charge is 2.08. The fourth-order valence-electron chi connectivity index (χ4n) is 1.56. The predicted molar refractivity (Wildman–Crippen MR) is 78.4 cm³/mol. The van der Waals surface area contributed by atoms with Gasteiger partial charge in [0.2, 0.25) is 5.91 Å². The molecule has 20 heavy (non-hydrogen) atoms. The topological polar surface area (TPSA) is 57.8 Å². The highest BCUT2D eigenvalue weighted by molar-refractivity contribution is 8.00. The highest BCUT2D eigenvalue weighted by atomic mass is 32.2. The quantitative estimate of drug-likeness (QED) is 0.831. The number of rotatable bonds is 5. The van der Waals surface area contributed by atoms with Gasteiger partial charge in [-0.15, -0.1) is 11.8 Å². The summed E-state index contributed by atoms with van der Waals surface area (Å²) in [5.74, 6) is 0.702. The summed E-state index contributed by atoms with van der Waals surface area (Å²) in [4.78, 5) is 12.6. The Morgan fingerprint density at radius 2 is 2.10 bits per heavy atom. The second-order valence-electron chi connectivity index (χ2n) is 4.65. The maximum Gasteiger partial charge on any atom is 0.235 e. The van der Waals surface area contributed by atoms with Crippen LogP contribution in [0.4, 0.5) is 10.2 Å². The Hall–Kier alpha value is -1.82. The lowest BCUT2D eigenvalue weighted by Gasteiger charge is -2.02. The first-order valence-electron chi connectivity index (χ1n) is 6.28. The van der Waals surface area contributed by atoms with Crippen molar-refractivity contribution in [1.82, 2.24) is 10.2 Å². The van der Waals surface area contributed by atoms with Gasteiger partial charge in [-0.05, 0) is 30.2 Å². The molecule has 0 fully saturated rings. The third-order valence-corrected chi connectivity index (χ3v) is 3.68. The average molecular weight is 293 g/mol. The minimum absolute atomic E-state index is 0.138. The van der Waals surface area contributed by atoms with Crippen molar-refractivity contribution in [1.29, 1.82) is 0 Å². The maximum atomic E-state index is 12.7. The summed E-state index contributed by atoms with van der Waals surface area (Å²) in [6, 6.07) is 7.88. The van der Waals surface area contributed by atoms with E-state index in [-0.39, 0.29) is 17.5 Å². The van der Waals surface area contributed by atoms with Crippen LogP contribution in [-0.2, 0) is 4.79 Å². The molecule has 0 spiro atoms. The van der Waals surface area contributed by atoms with Crippen LogP contribution < -0.4 is 5.32 Å². The monoisotopic (exact) mass is 293 g/mol. The summed E-state index contributed by atoms with van der Waals surface area (Å²) >= 11 is 1.35. The summed E-state index contributed by atoms with van der Waals surface area (Å²) in [7, 11) is 0. The number of benzene rings is 1. The summed E-state index contributed by atoms with van der Waals surface area (Å²) in [6.45, 7) is 4.09. The number of hydrogen-bond donors (Lipinski definition) is 2. The number of carbonyl (C=O) groups excluding carboxylic acids is 1. The van der Waals surface area contributed by atoms with Crippen molar-refractivity contribution in [2.75, 3.05) is 11.1 Å². The molecule has 0 unspecified atom stereocenters. The molecule has 106 valence electrons. The molecule has 0 radical (unpaired) electrons. The Bertz CT molecular complexity index is 580. The smallest absolute Gasteiger partial charge is 0.235 e. The minimum Gasteiger partial charge on any atom is -0.308 e. The first-order chi connectivity index (χ1) is 9.54. The van der Waals surface area contributed by atoms with Crippen molar-refractivity contribution >= 4 is 23.5 Å². The Morgan fingerprint density at radius 1 is 1.40 bits per heavy atom. The van der Waals surface area contributed by atoms with Crippen molar-refractivity contribution in [3.63, 3.8) is 0 Å². The van der Waals surface area contributed by atoms with E-state index in [4.69, 9.17) is 0 Å². The van der Waals surface area contributed by atoms with Crippen molar-refractivity contribution in [3.8, 4) is 0 Å². The second-order valence-corrected chi connectivity index (χ2v) is 5.70. The second kappa shape index (κ2) is 6.56. The number of H-pyrrole nitrogens is 1. The minimum atomic E-state index is -0.281. The van der Waals surface area contributed by atoms with Gasteiger partial charge < -0.3 is 5.32 Å². The molecule has 1 aromatic heterocycles. The van der Waals surface area contributed by atoms with E-state index in [1.165, 1.54) is 23.9 Å². The van der Waals surface area contributed by atoms with Gasteiger partial charge in [-0.3, -0.25) is 9.89 Å². The molecule has 0 saturated heterocycles. The molecule has 2 N–H and O–H groups in total. The largest absolute Gasteiger partial charge is 0.308 e. The number of nitrogens with zero attached hydrogens (tertiary/aromatic N) is 1. The number of halogens is 1. The Kier molecular flexibility index (Phi) is 4.79. The maximum absolute atomic E-state index is 12.7. The first kappa shape index (κ1) is 14.6. The van der Waals surface area contributed by atoms with Crippen LogP contribution in [0.2, 0.25) is 0 Å². The molecule has 0 aliphatic carbocycles. The van der Waals surface area contributed by atoms with Crippen LogP contribution in [-0.4, -0.2) is 21.9 Å². The number of amides is 1. The van der Waals surface area contributed by atoms with Crippen LogP contribution in [0, 0.1) is 5.82 Å². The molecular weight excluding hydrogens is 277 g/mol.